The Morgan fingerprint density at radius 3 is 2.11 bits per heavy atom. The number of rotatable bonds is 9. The van der Waals surface area contributed by atoms with E-state index in [0.29, 0.717) is 23.8 Å². The lowest BCUT2D eigenvalue weighted by Crippen LogP contribution is -2.32. The minimum Gasteiger partial charge on any atom is -0.323 e. The monoisotopic (exact) mass is 420 g/mol. The van der Waals surface area contributed by atoms with E-state index < -0.39 is 10.0 Å². The molecule has 1 N–H and O–H groups in total. The number of carbonyl (C=O) groups excluding carboxylic acids is 1. The van der Waals surface area contributed by atoms with E-state index in [4.69, 9.17) is 11.6 Å². The van der Waals surface area contributed by atoms with Crippen LogP contribution in [-0.4, -0.2) is 31.7 Å². The van der Waals surface area contributed by atoms with Crippen LogP contribution in [0.5, 0.6) is 0 Å². The minimum absolute atomic E-state index is 0.226. The lowest BCUT2D eigenvalue weighted by Gasteiger charge is -2.21. The molecule has 0 heterocycles. The molecule has 0 aromatic heterocycles. The molecule has 0 aliphatic rings. The fourth-order valence-corrected chi connectivity index (χ4v) is 4.39. The first kappa shape index (κ1) is 22.1. The number of nitrogens with one attached hydrogen (secondary N) is 1. The number of hydrogen-bond acceptors (Lipinski definition) is 3. The van der Waals surface area contributed by atoms with E-state index in [1.54, 1.807) is 30.3 Å². The van der Waals surface area contributed by atoms with Crippen molar-refractivity contribution >= 4 is 39.3 Å². The summed E-state index contributed by atoms with van der Waals surface area (Å²) in [5.74, 6) is -0.302. The third kappa shape index (κ3) is 6.19. The summed E-state index contributed by atoms with van der Waals surface area (Å²) >= 11 is 5.83. The molecule has 0 spiro atoms. The van der Waals surface area contributed by atoms with Gasteiger partial charge in [0.15, 0.2) is 0 Å². The molecule has 2 aromatic carbocycles. The summed E-state index contributed by atoms with van der Waals surface area (Å²) in [5.41, 5.74) is 1.38. The number of anilines is 1. The van der Waals surface area contributed by atoms with Gasteiger partial charge in [-0.05, 0) is 60.9 Å². The summed E-state index contributed by atoms with van der Waals surface area (Å²) in [5, 5.41) is 3.35. The van der Waals surface area contributed by atoms with Crippen molar-refractivity contribution in [1.82, 2.24) is 4.31 Å². The van der Waals surface area contributed by atoms with Crippen molar-refractivity contribution in [1.29, 1.82) is 0 Å². The topological polar surface area (TPSA) is 66.5 Å². The van der Waals surface area contributed by atoms with Crippen molar-refractivity contribution in [2.24, 2.45) is 0 Å². The predicted octanol–water partition coefficient (Wildman–Crippen LogP) is 4.80. The SMILES string of the molecule is CCCN(CCC)S(=O)(=O)c1ccc(NC(=O)/C=C/c2ccc(Cl)cc2)cc1. The molecule has 0 bridgehead atoms. The van der Waals surface area contributed by atoms with Crippen LogP contribution in [0.15, 0.2) is 59.5 Å². The third-order valence-electron chi connectivity index (χ3n) is 4.00. The highest BCUT2D eigenvalue weighted by molar-refractivity contribution is 7.89. The van der Waals surface area contributed by atoms with Gasteiger partial charge in [0.05, 0.1) is 4.90 Å². The second-order valence-corrected chi connectivity index (χ2v) is 8.68. The number of amides is 1. The van der Waals surface area contributed by atoms with E-state index in [2.05, 4.69) is 5.32 Å². The Balaban J connectivity index is 2.05. The molecule has 7 heteroatoms. The molecule has 0 unspecified atom stereocenters. The van der Waals surface area contributed by atoms with Gasteiger partial charge in [-0.25, -0.2) is 8.42 Å². The van der Waals surface area contributed by atoms with Crippen LogP contribution in [0.1, 0.15) is 32.3 Å². The third-order valence-corrected chi connectivity index (χ3v) is 6.17. The fraction of sp³-hybridized carbons (Fsp3) is 0.286. The summed E-state index contributed by atoms with van der Waals surface area (Å²) in [7, 11) is -3.52. The van der Waals surface area contributed by atoms with Crippen LogP contribution >= 0.6 is 11.6 Å². The minimum atomic E-state index is -3.52. The Morgan fingerprint density at radius 1 is 1.00 bits per heavy atom. The average Bonchev–Trinajstić information content (AvgIpc) is 2.68. The molecule has 28 heavy (non-hydrogen) atoms. The van der Waals surface area contributed by atoms with Crippen molar-refractivity contribution in [3.05, 3.63) is 65.2 Å². The molecule has 1 amide bonds. The van der Waals surface area contributed by atoms with Crippen LogP contribution in [0, 0.1) is 0 Å². The molecule has 5 nitrogen and oxygen atoms in total. The molecule has 0 saturated heterocycles. The van der Waals surface area contributed by atoms with Gasteiger partial charge in [0.25, 0.3) is 0 Å². The van der Waals surface area contributed by atoms with E-state index in [1.807, 2.05) is 26.0 Å². The number of halogens is 1. The van der Waals surface area contributed by atoms with Crippen LogP contribution in [0.3, 0.4) is 0 Å². The maximum atomic E-state index is 12.7. The van der Waals surface area contributed by atoms with Gasteiger partial charge in [-0.3, -0.25) is 4.79 Å². The lowest BCUT2D eigenvalue weighted by atomic mass is 10.2. The number of sulfonamides is 1. The Labute approximate surface area is 172 Å². The fourth-order valence-electron chi connectivity index (χ4n) is 2.64. The number of hydrogen-bond donors (Lipinski definition) is 1. The van der Waals surface area contributed by atoms with Crippen LogP contribution in [0.4, 0.5) is 5.69 Å². The predicted molar refractivity (Wildman–Crippen MR) is 115 cm³/mol. The summed E-state index contributed by atoms with van der Waals surface area (Å²) in [6.07, 6.45) is 4.61. The first-order chi connectivity index (χ1) is 13.4. The molecule has 0 atom stereocenters. The summed E-state index contributed by atoms with van der Waals surface area (Å²) in [6, 6.07) is 13.3. The summed E-state index contributed by atoms with van der Waals surface area (Å²) < 4.78 is 27.0. The first-order valence-corrected chi connectivity index (χ1v) is 11.0. The number of benzene rings is 2. The standard InChI is InChI=1S/C21H25ClN2O3S/c1-3-15-24(16-4-2)28(26,27)20-12-10-19(11-13-20)23-21(25)14-7-17-5-8-18(22)9-6-17/h5-14H,3-4,15-16H2,1-2H3,(H,23,25)/b14-7+. The van der Waals surface area contributed by atoms with Gasteiger partial charge in [0, 0.05) is 29.9 Å². The highest BCUT2D eigenvalue weighted by Crippen LogP contribution is 2.19. The molecular weight excluding hydrogens is 396 g/mol. The van der Waals surface area contributed by atoms with Crippen LogP contribution in [0.2, 0.25) is 5.02 Å². The van der Waals surface area contributed by atoms with Gasteiger partial charge in [0.2, 0.25) is 15.9 Å². The van der Waals surface area contributed by atoms with E-state index in [9.17, 15) is 13.2 Å². The van der Waals surface area contributed by atoms with Crippen LogP contribution in [-0.2, 0) is 14.8 Å². The Bertz CT molecular complexity index is 902. The number of carbonyl (C=O) groups is 1. The molecule has 0 fully saturated rings. The maximum absolute atomic E-state index is 12.7. The summed E-state index contributed by atoms with van der Waals surface area (Å²) in [4.78, 5) is 12.3. The smallest absolute Gasteiger partial charge is 0.248 e. The highest BCUT2D eigenvalue weighted by Gasteiger charge is 2.22. The zero-order valence-electron chi connectivity index (χ0n) is 16.1. The van der Waals surface area contributed by atoms with Gasteiger partial charge in [-0.1, -0.05) is 37.6 Å². The molecule has 2 aromatic rings. The largest absolute Gasteiger partial charge is 0.323 e. The molecule has 150 valence electrons. The highest BCUT2D eigenvalue weighted by atomic mass is 35.5. The molecular formula is C21H25ClN2O3S. The number of nitrogens with zero attached hydrogens (tertiary/aromatic N) is 1. The van der Waals surface area contributed by atoms with E-state index in [0.717, 1.165) is 18.4 Å². The van der Waals surface area contributed by atoms with E-state index >= 15 is 0 Å². The first-order valence-electron chi connectivity index (χ1n) is 9.21. The molecule has 2 rings (SSSR count). The van der Waals surface area contributed by atoms with Gasteiger partial charge < -0.3 is 5.32 Å². The molecule has 0 saturated carbocycles. The van der Waals surface area contributed by atoms with Gasteiger partial charge in [-0.2, -0.15) is 4.31 Å². The molecule has 0 aliphatic heterocycles. The zero-order valence-corrected chi connectivity index (χ0v) is 17.6. The van der Waals surface area contributed by atoms with Gasteiger partial charge in [0.1, 0.15) is 0 Å². The Morgan fingerprint density at radius 2 is 1.57 bits per heavy atom. The quantitative estimate of drug-likeness (QED) is 0.592. The molecule has 0 radical (unpaired) electrons. The molecule has 0 aliphatic carbocycles. The lowest BCUT2D eigenvalue weighted by molar-refractivity contribution is -0.111. The van der Waals surface area contributed by atoms with Crippen molar-refractivity contribution in [2.75, 3.05) is 18.4 Å². The van der Waals surface area contributed by atoms with Crippen molar-refractivity contribution in [3.8, 4) is 0 Å². The van der Waals surface area contributed by atoms with Crippen LogP contribution < -0.4 is 5.32 Å². The average molecular weight is 421 g/mol. The second kappa shape index (κ2) is 10.4. The summed E-state index contributed by atoms with van der Waals surface area (Å²) in [6.45, 7) is 4.89. The Kier molecular flexibility index (Phi) is 8.23. The second-order valence-electron chi connectivity index (χ2n) is 6.30. The maximum Gasteiger partial charge on any atom is 0.248 e. The van der Waals surface area contributed by atoms with E-state index in [1.165, 1.54) is 22.5 Å². The van der Waals surface area contributed by atoms with Gasteiger partial charge >= 0.3 is 0 Å². The van der Waals surface area contributed by atoms with Crippen LogP contribution in [0.25, 0.3) is 6.08 Å². The van der Waals surface area contributed by atoms with Crippen molar-refractivity contribution in [2.45, 2.75) is 31.6 Å². The normalized spacial score (nSPS) is 11.9. The van der Waals surface area contributed by atoms with Crippen molar-refractivity contribution in [3.63, 3.8) is 0 Å². The van der Waals surface area contributed by atoms with Gasteiger partial charge in [-0.15, -0.1) is 0 Å². The zero-order chi connectivity index (χ0) is 20.6. The van der Waals surface area contributed by atoms with E-state index in [-0.39, 0.29) is 10.8 Å². The Hall–Kier alpha value is -2.15. The van der Waals surface area contributed by atoms with Crippen molar-refractivity contribution < 1.29 is 13.2 Å².